The van der Waals surface area contributed by atoms with Gasteiger partial charge in [0.2, 0.25) is 11.8 Å². The van der Waals surface area contributed by atoms with E-state index >= 15 is 4.79 Å². The zero-order chi connectivity index (χ0) is 37.9. The lowest BCUT2D eigenvalue weighted by Crippen LogP contribution is -2.54. The van der Waals surface area contributed by atoms with Crippen LogP contribution in [0.15, 0.2) is 127 Å². The minimum atomic E-state index is -1.64. The van der Waals surface area contributed by atoms with Crippen molar-refractivity contribution in [1.29, 1.82) is 0 Å². The molecule has 278 valence electrons. The number of aliphatic hydroxyl groups excluding tert-OH is 1. The fourth-order valence-electron chi connectivity index (χ4n) is 9.00. The summed E-state index contributed by atoms with van der Waals surface area (Å²) in [6, 6.07) is 29.7. The highest BCUT2D eigenvalue weighted by molar-refractivity contribution is 6.12. The van der Waals surface area contributed by atoms with Crippen LogP contribution in [0.4, 0.5) is 5.69 Å². The second kappa shape index (κ2) is 15.4. The van der Waals surface area contributed by atoms with Crippen LogP contribution >= 0.6 is 0 Å². The molecule has 4 aromatic carbocycles. The van der Waals surface area contributed by atoms with Crippen LogP contribution in [-0.4, -0.2) is 53.6 Å². The number of rotatable bonds is 9. The molecule has 6 atom stereocenters. The second-order valence-electron chi connectivity index (χ2n) is 14.4. The molecule has 8 rings (SSSR count). The maximum Gasteiger partial charge on any atom is 0.324 e. The molecule has 1 aliphatic carbocycles. The van der Waals surface area contributed by atoms with Gasteiger partial charge >= 0.3 is 5.97 Å². The number of nitrogens with zero attached hydrogens (tertiary/aromatic N) is 1. The van der Waals surface area contributed by atoms with E-state index in [-0.39, 0.29) is 19.8 Å². The predicted octanol–water partition coefficient (Wildman–Crippen LogP) is 6.48. The first kappa shape index (κ1) is 36.0. The number of esters is 1. The van der Waals surface area contributed by atoms with Gasteiger partial charge in [0.05, 0.1) is 24.6 Å². The summed E-state index contributed by atoms with van der Waals surface area (Å²) in [6.07, 6.45) is 7.15. The topological polar surface area (TPSA) is 117 Å². The van der Waals surface area contributed by atoms with Gasteiger partial charge in [-0.3, -0.25) is 19.3 Å². The van der Waals surface area contributed by atoms with Gasteiger partial charge in [-0.15, -0.1) is 6.58 Å². The first-order valence-electron chi connectivity index (χ1n) is 18.9. The van der Waals surface area contributed by atoms with Crippen molar-refractivity contribution in [3.8, 4) is 17.6 Å². The van der Waals surface area contributed by atoms with E-state index in [1.807, 2.05) is 102 Å². The van der Waals surface area contributed by atoms with E-state index in [1.165, 1.54) is 0 Å². The SMILES string of the molecule is C=CCNC(=O)[C@@H]1[C@H]2C(=O)O[C@H](c3ccccc3)[C@H](c3ccccc3)N2[C@H](c2cccc(OCCO)c2)[C@@]12C(=O)Nc1ccc(C#CC3=CCCCC3)cc12. The number of morpholine rings is 1. The number of benzene rings is 4. The molecule has 2 saturated heterocycles. The van der Waals surface area contributed by atoms with Crippen molar-refractivity contribution >= 4 is 23.5 Å². The Morgan fingerprint density at radius 2 is 1.71 bits per heavy atom. The number of amides is 2. The Morgan fingerprint density at radius 3 is 2.44 bits per heavy atom. The van der Waals surface area contributed by atoms with Crippen LogP contribution in [0.3, 0.4) is 0 Å². The van der Waals surface area contributed by atoms with Crippen molar-refractivity contribution in [2.75, 3.05) is 25.1 Å². The molecule has 0 saturated carbocycles. The van der Waals surface area contributed by atoms with Gasteiger partial charge in [0, 0.05) is 17.8 Å². The number of aliphatic hydroxyl groups is 1. The van der Waals surface area contributed by atoms with Crippen LogP contribution in [0.25, 0.3) is 0 Å². The molecule has 55 heavy (non-hydrogen) atoms. The minimum absolute atomic E-state index is 0.0645. The van der Waals surface area contributed by atoms with Gasteiger partial charge in [-0.25, -0.2) is 0 Å². The number of hydrogen-bond acceptors (Lipinski definition) is 7. The van der Waals surface area contributed by atoms with E-state index in [0.29, 0.717) is 28.1 Å². The fraction of sp³-hybridized carbons (Fsp3) is 0.283. The maximum absolute atomic E-state index is 15.2. The zero-order valence-electron chi connectivity index (χ0n) is 30.4. The summed E-state index contributed by atoms with van der Waals surface area (Å²) in [5.74, 6) is 4.46. The lowest BCUT2D eigenvalue weighted by atomic mass is 9.65. The summed E-state index contributed by atoms with van der Waals surface area (Å²) in [5, 5.41) is 15.7. The van der Waals surface area contributed by atoms with Crippen LogP contribution in [0, 0.1) is 17.8 Å². The molecule has 0 aromatic heterocycles. The summed E-state index contributed by atoms with van der Waals surface area (Å²) >= 11 is 0. The van der Waals surface area contributed by atoms with Crippen molar-refractivity contribution in [1.82, 2.24) is 10.2 Å². The lowest BCUT2D eigenvalue weighted by molar-refractivity contribution is -0.178. The molecule has 9 heteroatoms. The Labute approximate surface area is 321 Å². The number of hydrogen-bond donors (Lipinski definition) is 3. The van der Waals surface area contributed by atoms with Crippen LogP contribution in [0.1, 0.15) is 71.7 Å². The standard InChI is InChI=1S/C46H43N3O6/c1-2-25-47-43(51)38-40-44(52)55-41(33-17-10-5-11-18-33)39(32-15-8-4-9-16-32)49(40)42(34-19-12-20-35(29-34)54-27-26-50)46(38)36-28-31(23-24-37(36)48-45(46)53)22-21-30-13-6-3-7-14-30/h2,4-5,8-13,15-20,23-24,28-29,38-42,50H,1,3,6-7,14,25-27H2,(H,47,51)(H,48,53)/t38-,39-,40-,41+,42+,46-/m0/s1. The number of allylic oxidation sites excluding steroid dienone is 2. The van der Waals surface area contributed by atoms with E-state index in [4.69, 9.17) is 9.47 Å². The summed E-state index contributed by atoms with van der Waals surface area (Å²) < 4.78 is 12.4. The van der Waals surface area contributed by atoms with Crippen molar-refractivity contribution in [3.63, 3.8) is 0 Å². The molecule has 0 bridgehead atoms. The Balaban J connectivity index is 1.41. The summed E-state index contributed by atoms with van der Waals surface area (Å²) in [4.78, 5) is 47.0. The normalized spacial score (nSPS) is 25.4. The molecule has 3 aliphatic heterocycles. The van der Waals surface area contributed by atoms with E-state index in [9.17, 15) is 14.7 Å². The Bertz CT molecular complexity index is 2210. The van der Waals surface area contributed by atoms with E-state index in [2.05, 4.69) is 35.1 Å². The second-order valence-corrected chi connectivity index (χ2v) is 14.4. The highest BCUT2D eigenvalue weighted by Crippen LogP contribution is 2.65. The summed E-state index contributed by atoms with van der Waals surface area (Å²) in [7, 11) is 0. The average Bonchev–Trinajstić information content (AvgIpc) is 3.71. The van der Waals surface area contributed by atoms with E-state index in [1.54, 1.807) is 12.1 Å². The number of nitrogens with one attached hydrogen (secondary N) is 2. The number of ether oxygens (including phenoxy) is 2. The van der Waals surface area contributed by atoms with Crippen LogP contribution in [-0.2, 0) is 24.5 Å². The highest BCUT2D eigenvalue weighted by Gasteiger charge is 2.74. The number of carbonyl (C=O) groups excluding carboxylic acids is 3. The van der Waals surface area contributed by atoms with Crippen molar-refractivity contribution < 1.29 is 29.0 Å². The third-order valence-corrected chi connectivity index (χ3v) is 11.2. The summed E-state index contributed by atoms with van der Waals surface area (Å²) in [6.45, 7) is 3.82. The number of anilines is 1. The molecule has 3 N–H and O–H groups in total. The number of carbonyl (C=O) groups is 3. The predicted molar refractivity (Wildman–Crippen MR) is 209 cm³/mol. The van der Waals surface area contributed by atoms with Gasteiger partial charge in [-0.05, 0) is 83.8 Å². The molecule has 4 aliphatic rings. The Morgan fingerprint density at radius 1 is 0.945 bits per heavy atom. The molecular weight excluding hydrogens is 691 g/mol. The first-order chi connectivity index (χ1) is 26.9. The smallest absolute Gasteiger partial charge is 0.324 e. The molecule has 4 aromatic rings. The molecule has 0 radical (unpaired) electrons. The molecule has 9 nitrogen and oxygen atoms in total. The quantitative estimate of drug-likeness (QED) is 0.102. The van der Waals surface area contributed by atoms with Gasteiger partial charge in [0.15, 0.2) is 0 Å². The largest absolute Gasteiger partial charge is 0.491 e. The van der Waals surface area contributed by atoms with Crippen molar-refractivity contribution in [2.45, 2.75) is 55.3 Å². The molecule has 1 spiro atoms. The summed E-state index contributed by atoms with van der Waals surface area (Å²) in [5.41, 5.74) is 3.57. The van der Waals surface area contributed by atoms with Gasteiger partial charge < -0.3 is 25.2 Å². The van der Waals surface area contributed by atoms with Crippen LogP contribution in [0.5, 0.6) is 5.75 Å². The first-order valence-corrected chi connectivity index (χ1v) is 18.9. The van der Waals surface area contributed by atoms with Crippen molar-refractivity contribution in [2.24, 2.45) is 5.92 Å². The van der Waals surface area contributed by atoms with Crippen LogP contribution < -0.4 is 15.4 Å². The molecule has 2 amide bonds. The Hall–Kier alpha value is -5.95. The number of cyclic esters (lactones) is 1. The van der Waals surface area contributed by atoms with E-state index in [0.717, 1.165) is 42.4 Å². The molecular formula is C46H43N3O6. The van der Waals surface area contributed by atoms with E-state index < -0.39 is 53.3 Å². The van der Waals surface area contributed by atoms with Gasteiger partial charge in [0.1, 0.15) is 29.9 Å². The zero-order valence-corrected chi connectivity index (χ0v) is 30.4. The third kappa shape index (κ3) is 6.41. The maximum atomic E-state index is 15.2. The molecule has 3 heterocycles. The van der Waals surface area contributed by atoms with Crippen LogP contribution in [0.2, 0.25) is 0 Å². The number of fused-ring (bicyclic) bond motifs is 3. The molecule has 0 unspecified atom stereocenters. The van der Waals surface area contributed by atoms with Gasteiger partial charge in [-0.2, -0.15) is 0 Å². The van der Waals surface area contributed by atoms with Gasteiger partial charge in [-0.1, -0.05) is 96.8 Å². The Kier molecular flexibility index (Phi) is 10.1. The van der Waals surface area contributed by atoms with Crippen molar-refractivity contribution in [3.05, 3.63) is 155 Å². The third-order valence-electron chi connectivity index (χ3n) is 11.2. The minimum Gasteiger partial charge on any atom is -0.491 e. The lowest BCUT2D eigenvalue weighted by Gasteiger charge is -2.46. The average molecular weight is 734 g/mol. The monoisotopic (exact) mass is 733 g/mol. The highest BCUT2D eigenvalue weighted by atomic mass is 16.6. The fourth-order valence-corrected chi connectivity index (χ4v) is 9.00. The molecule has 2 fully saturated rings. The van der Waals surface area contributed by atoms with Gasteiger partial charge in [0.25, 0.3) is 0 Å².